The number of carbonyl (C=O) groups excluding carboxylic acids is 1. The number of nitrogens with one attached hydrogen (secondary N) is 1. The van der Waals surface area contributed by atoms with Gasteiger partial charge < -0.3 is 5.32 Å². The van der Waals surface area contributed by atoms with Crippen LogP contribution >= 0.6 is 0 Å². The highest BCUT2D eigenvalue weighted by Crippen LogP contribution is 2.16. The predicted molar refractivity (Wildman–Crippen MR) is 91.0 cm³/mol. The number of nitrogens with zero attached hydrogens (tertiary/aromatic N) is 8. The van der Waals surface area contributed by atoms with Gasteiger partial charge in [0.2, 0.25) is 11.7 Å². The molecule has 0 saturated carbocycles. The molecule has 0 aliphatic rings. The summed E-state index contributed by atoms with van der Waals surface area (Å²) in [6, 6.07) is 12.8. The number of tetrazole rings is 2. The van der Waals surface area contributed by atoms with Gasteiger partial charge in [0.1, 0.15) is 18.7 Å². The molecule has 11 heteroatoms. The van der Waals surface area contributed by atoms with Crippen LogP contribution in [0.4, 0.5) is 10.1 Å². The molecule has 2 aromatic carbocycles. The molecule has 0 fully saturated rings. The van der Waals surface area contributed by atoms with E-state index in [9.17, 15) is 9.18 Å². The zero-order chi connectivity index (χ0) is 18.6. The maximum atomic E-state index is 13.2. The maximum Gasteiger partial charge on any atom is 0.248 e. The molecule has 2 heterocycles. The molecule has 0 radical (unpaired) electrons. The van der Waals surface area contributed by atoms with E-state index in [4.69, 9.17) is 0 Å². The first-order chi connectivity index (χ1) is 13.2. The zero-order valence-electron chi connectivity index (χ0n) is 13.8. The molecule has 1 amide bonds. The van der Waals surface area contributed by atoms with Gasteiger partial charge in [-0.15, -0.1) is 15.3 Å². The van der Waals surface area contributed by atoms with E-state index in [1.165, 1.54) is 34.0 Å². The first-order valence-electron chi connectivity index (χ1n) is 7.84. The van der Waals surface area contributed by atoms with Crippen LogP contribution in [0.15, 0.2) is 54.9 Å². The van der Waals surface area contributed by atoms with Gasteiger partial charge in [0.05, 0.1) is 5.69 Å². The van der Waals surface area contributed by atoms with Gasteiger partial charge in [-0.05, 0) is 58.1 Å². The molecule has 134 valence electrons. The fourth-order valence-corrected chi connectivity index (χ4v) is 2.36. The number of aromatic nitrogens is 8. The van der Waals surface area contributed by atoms with Crippen molar-refractivity contribution in [3.63, 3.8) is 0 Å². The van der Waals surface area contributed by atoms with Gasteiger partial charge >= 0.3 is 0 Å². The summed E-state index contributed by atoms with van der Waals surface area (Å²) < 4.78 is 14.7. The van der Waals surface area contributed by atoms with Crippen molar-refractivity contribution in [3.8, 4) is 17.1 Å². The van der Waals surface area contributed by atoms with Crippen LogP contribution in [0.2, 0.25) is 0 Å². The Balaban J connectivity index is 1.43. The van der Waals surface area contributed by atoms with Crippen molar-refractivity contribution < 1.29 is 9.18 Å². The first kappa shape index (κ1) is 16.4. The van der Waals surface area contributed by atoms with Crippen molar-refractivity contribution in [2.24, 2.45) is 0 Å². The molecular weight excluding hydrogens is 353 g/mol. The van der Waals surface area contributed by atoms with Crippen molar-refractivity contribution in [2.75, 3.05) is 5.32 Å². The predicted octanol–water partition coefficient (Wildman–Crippen LogP) is 1.09. The van der Waals surface area contributed by atoms with Crippen LogP contribution < -0.4 is 5.32 Å². The third-order valence-electron chi connectivity index (χ3n) is 3.59. The zero-order valence-corrected chi connectivity index (χ0v) is 13.8. The summed E-state index contributed by atoms with van der Waals surface area (Å²) in [5, 5.41) is 25.5. The second-order valence-corrected chi connectivity index (χ2v) is 5.50. The molecule has 0 bridgehead atoms. The summed E-state index contributed by atoms with van der Waals surface area (Å²) in [4.78, 5) is 13.2. The number of rotatable bonds is 5. The van der Waals surface area contributed by atoms with Crippen LogP contribution in [0.3, 0.4) is 0 Å². The standard InChI is InChI=1S/C16H12FN9O/c17-12-2-1-3-13(8-12)19-15(27)9-26-21-16(20-23-26)11-4-6-14(7-5-11)25-10-18-22-24-25/h1-8,10H,9H2,(H,19,27). The van der Waals surface area contributed by atoms with Crippen LogP contribution in [0, 0.1) is 5.82 Å². The molecule has 1 N–H and O–H groups in total. The Kier molecular flexibility index (Phi) is 4.31. The van der Waals surface area contributed by atoms with Gasteiger partial charge in [0, 0.05) is 11.3 Å². The molecule has 0 aliphatic heterocycles. The largest absolute Gasteiger partial charge is 0.324 e. The average molecular weight is 365 g/mol. The second kappa shape index (κ2) is 7.07. The fourth-order valence-electron chi connectivity index (χ4n) is 2.36. The van der Waals surface area contributed by atoms with Crippen LogP contribution in [-0.4, -0.2) is 46.3 Å². The van der Waals surface area contributed by atoms with Crippen LogP contribution in [0.25, 0.3) is 17.1 Å². The molecule has 0 aliphatic carbocycles. The molecule has 10 nitrogen and oxygen atoms in total. The molecule has 4 aromatic rings. The molecule has 27 heavy (non-hydrogen) atoms. The smallest absolute Gasteiger partial charge is 0.248 e. The minimum absolute atomic E-state index is 0.147. The topological polar surface area (TPSA) is 116 Å². The normalized spacial score (nSPS) is 10.7. The molecular formula is C16H12FN9O. The minimum Gasteiger partial charge on any atom is -0.324 e. The minimum atomic E-state index is -0.431. The quantitative estimate of drug-likeness (QED) is 0.563. The van der Waals surface area contributed by atoms with E-state index in [1.807, 2.05) is 12.1 Å². The lowest BCUT2D eigenvalue weighted by atomic mass is 10.2. The summed E-state index contributed by atoms with van der Waals surface area (Å²) in [5.41, 5.74) is 1.87. The summed E-state index contributed by atoms with van der Waals surface area (Å²) in [7, 11) is 0. The van der Waals surface area contributed by atoms with Gasteiger partial charge in [-0.3, -0.25) is 4.79 Å². The van der Waals surface area contributed by atoms with Crippen molar-refractivity contribution in [1.29, 1.82) is 0 Å². The number of halogens is 1. The molecule has 0 atom stereocenters. The third kappa shape index (κ3) is 3.81. The molecule has 2 aromatic heterocycles. The third-order valence-corrected chi connectivity index (χ3v) is 3.59. The second-order valence-electron chi connectivity index (χ2n) is 5.50. The van der Waals surface area contributed by atoms with Gasteiger partial charge in [-0.25, -0.2) is 9.07 Å². The number of anilines is 1. The van der Waals surface area contributed by atoms with E-state index in [1.54, 1.807) is 18.2 Å². The van der Waals surface area contributed by atoms with Gasteiger partial charge in [0.25, 0.3) is 0 Å². The number of hydrogen-bond donors (Lipinski definition) is 1. The molecule has 0 saturated heterocycles. The Morgan fingerprint density at radius 2 is 1.96 bits per heavy atom. The van der Waals surface area contributed by atoms with Gasteiger partial charge in [-0.1, -0.05) is 6.07 Å². The van der Waals surface area contributed by atoms with E-state index in [2.05, 4.69) is 36.3 Å². The monoisotopic (exact) mass is 365 g/mol. The Morgan fingerprint density at radius 1 is 1.11 bits per heavy atom. The maximum absolute atomic E-state index is 13.2. The SMILES string of the molecule is O=C(Cn1nnc(-c2ccc(-n3cnnn3)cc2)n1)Nc1cccc(F)c1. The lowest BCUT2D eigenvalue weighted by Gasteiger charge is -2.04. The summed E-state index contributed by atoms with van der Waals surface area (Å²) in [6.07, 6.45) is 1.49. The number of hydrogen-bond acceptors (Lipinski definition) is 7. The van der Waals surface area contributed by atoms with Crippen LogP contribution in [-0.2, 0) is 11.3 Å². The van der Waals surface area contributed by atoms with E-state index in [0.717, 1.165) is 11.3 Å². The van der Waals surface area contributed by atoms with Crippen molar-refractivity contribution >= 4 is 11.6 Å². The van der Waals surface area contributed by atoms with Crippen LogP contribution in [0.1, 0.15) is 0 Å². The Hall–Kier alpha value is -4.02. The lowest BCUT2D eigenvalue weighted by molar-refractivity contribution is -0.117. The summed E-state index contributed by atoms with van der Waals surface area (Å²) in [6.45, 7) is -0.147. The highest BCUT2D eigenvalue weighted by atomic mass is 19.1. The number of benzene rings is 2. The summed E-state index contributed by atoms with van der Waals surface area (Å²) >= 11 is 0. The molecule has 0 spiro atoms. The fraction of sp³-hybridized carbons (Fsp3) is 0.0625. The van der Waals surface area contributed by atoms with E-state index in [0.29, 0.717) is 11.5 Å². The number of amides is 1. The highest BCUT2D eigenvalue weighted by molar-refractivity contribution is 5.90. The molecule has 0 unspecified atom stereocenters. The first-order valence-corrected chi connectivity index (χ1v) is 7.84. The molecule has 4 rings (SSSR count). The van der Waals surface area contributed by atoms with E-state index < -0.39 is 11.7 Å². The Bertz CT molecular complexity index is 1060. The van der Waals surface area contributed by atoms with E-state index >= 15 is 0 Å². The van der Waals surface area contributed by atoms with Crippen molar-refractivity contribution in [2.45, 2.75) is 6.54 Å². The Morgan fingerprint density at radius 3 is 2.70 bits per heavy atom. The van der Waals surface area contributed by atoms with Crippen molar-refractivity contribution in [1.82, 2.24) is 40.4 Å². The Labute approximate surface area is 151 Å². The van der Waals surface area contributed by atoms with Crippen LogP contribution in [0.5, 0.6) is 0 Å². The highest BCUT2D eigenvalue weighted by Gasteiger charge is 2.10. The summed E-state index contributed by atoms with van der Waals surface area (Å²) in [5.74, 6) is -0.450. The van der Waals surface area contributed by atoms with Gasteiger partial charge in [0.15, 0.2) is 0 Å². The van der Waals surface area contributed by atoms with E-state index in [-0.39, 0.29) is 6.54 Å². The lowest BCUT2D eigenvalue weighted by Crippen LogP contribution is -2.20. The number of carbonyl (C=O) groups is 1. The average Bonchev–Trinajstić information content (AvgIpc) is 3.34. The van der Waals surface area contributed by atoms with Gasteiger partial charge in [-0.2, -0.15) is 4.80 Å². The van der Waals surface area contributed by atoms with Crippen molar-refractivity contribution in [3.05, 3.63) is 60.7 Å².